The van der Waals surface area contributed by atoms with Crippen molar-refractivity contribution in [3.8, 4) is 0 Å². The van der Waals surface area contributed by atoms with Crippen molar-refractivity contribution in [2.45, 2.75) is 52.5 Å². The number of aryl methyl sites for hydroxylation is 2. The van der Waals surface area contributed by atoms with Crippen molar-refractivity contribution in [1.82, 2.24) is 4.57 Å². The second kappa shape index (κ2) is 8.24. The molecule has 0 aliphatic heterocycles. The van der Waals surface area contributed by atoms with E-state index in [1.807, 2.05) is 67.1 Å². The Morgan fingerprint density at radius 3 is 2.55 bits per heavy atom. The minimum atomic E-state index is -0.160. The lowest BCUT2D eigenvalue weighted by Crippen LogP contribution is -2.25. The van der Waals surface area contributed by atoms with Gasteiger partial charge in [-0.2, -0.15) is 0 Å². The molecular formula is C25H28N2O2. The summed E-state index contributed by atoms with van der Waals surface area (Å²) in [5.74, 6) is 0.429. The largest absolute Gasteiger partial charge is 0.321 e. The molecule has 4 rings (SSSR count). The van der Waals surface area contributed by atoms with Gasteiger partial charge < -0.3 is 9.88 Å². The van der Waals surface area contributed by atoms with E-state index in [1.165, 1.54) is 32.1 Å². The second-order valence-electron chi connectivity index (χ2n) is 8.30. The van der Waals surface area contributed by atoms with Gasteiger partial charge in [0.25, 0.3) is 11.5 Å². The molecule has 29 heavy (non-hydrogen) atoms. The summed E-state index contributed by atoms with van der Waals surface area (Å²) in [7, 11) is 0. The number of fused-ring (bicyclic) bond motifs is 1. The van der Waals surface area contributed by atoms with E-state index in [0.29, 0.717) is 22.6 Å². The van der Waals surface area contributed by atoms with Crippen LogP contribution in [-0.4, -0.2) is 10.5 Å². The third-order valence-electron chi connectivity index (χ3n) is 6.22. The SMILES string of the molecule is Cc1ccc(C(=O)Nc2cccc3c(=O)n(CC4CCCCC4)ccc23)cc1C. The van der Waals surface area contributed by atoms with E-state index in [-0.39, 0.29) is 11.5 Å². The zero-order valence-electron chi connectivity index (χ0n) is 17.2. The molecule has 0 atom stereocenters. The summed E-state index contributed by atoms with van der Waals surface area (Å²) in [5.41, 5.74) is 3.56. The predicted octanol–water partition coefficient (Wildman–Crippen LogP) is 5.45. The topological polar surface area (TPSA) is 51.1 Å². The highest BCUT2D eigenvalue weighted by Gasteiger charge is 2.16. The number of pyridine rings is 1. The van der Waals surface area contributed by atoms with Crippen LogP contribution < -0.4 is 10.9 Å². The van der Waals surface area contributed by atoms with Gasteiger partial charge in [0, 0.05) is 34.8 Å². The van der Waals surface area contributed by atoms with Gasteiger partial charge in [-0.05, 0) is 74.1 Å². The van der Waals surface area contributed by atoms with Crippen LogP contribution in [0.2, 0.25) is 0 Å². The molecular weight excluding hydrogens is 360 g/mol. The Kier molecular flexibility index (Phi) is 5.52. The molecule has 150 valence electrons. The molecule has 1 aromatic heterocycles. The highest BCUT2D eigenvalue weighted by atomic mass is 16.1. The summed E-state index contributed by atoms with van der Waals surface area (Å²) in [6.07, 6.45) is 8.13. The molecule has 2 aromatic carbocycles. The minimum absolute atomic E-state index is 0.0235. The Morgan fingerprint density at radius 2 is 1.79 bits per heavy atom. The van der Waals surface area contributed by atoms with Gasteiger partial charge in [0.1, 0.15) is 0 Å². The van der Waals surface area contributed by atoms with Crippen molar-refractivity contribution >= 4 is 22.4 Å². The van der Waals surface area contributed by atoms with E-state index in [2.05, 4.69) is 5.32 Å². The number of benzene rings is 2. The van der Waals surface area contributed by atoms with E-state index in [0.717, 1.165) is 23.1 Å². The Morgan fingerprint density at radius 1 is 1.00 bits per heavy atom. The van der Waals surface area contributed by atoms with Crippen molar-refractivity contribution in [2.24, 2.45) is 5.92 Å². The zero-order valence-corrected chi connectivity index (χ0v) is 17.2. The number of anilines is 1. The Labute approximate surface area is 171 Å². The van der Waals surface area contributed by atoms with Gasteiger partial charge in [0.05, 0.1) is 0 Å². The van der Waals surface area contributed by atoms with Crippen LogP contribution in [0.25, 0.3) is 10.8 Å². The molecule has 0 radical (unpaired) electrons. The quantitative estimate of drug-likeness (QED) is 0.646. The van der Waals surface area contributed by atoms with Crippen molar-refractivity contribution in [3.63, 3.8) is 0 Å². The van der Waals surface area contributed by atoms with Gasteiger partial charge in [0.2, 0.25) is 0 Å². The minimum Gasteiger partial charge on any atom is -0.321 e. The number of nitrogens with zero attached hydrogens (tertiary/aromatic N) is 1. The molecule has 0 spiro atoms. The highest BCUT2D eigenvalue weighted by Crippen LogP contribution is 2.26. The average molecular weight is 389 g/mol. The van der Waals surface area contributed by atoms with Crippen molar-refractivity contribution in [2.75, 3.05) is 5.32 Å². The van der Waals surface area contributed by atoms with E-state index < -0.39 is 0 Å². The van der Waals surface area contributed by atoms with Crippen LogP contribution in [-0.2, 0) is 6.54 Å². The first kappa shape index (κ1) is 19.4. The molecule has 1 heterocycles. The number of amides is 1. The average Bonchev–Trinajstić information content (AvgIpc) is 2.73. The summed E-state index contributed by atoms with van der Waals surface area (Å²) in [4.78, 5) is 25.8. The number of nitrogens with one attached hydrogen (secondary N) is 1. The maximum Gasteiger partial charge on any atom is 0.258 e. The molecule has 1 aliphatic carbocycles. The van der Waals surface area contributed by atoms with Crippen LogP contribution in [0.4, 0.5) is 5.69 Å². The Hall–Kier alpha value is -2.88. The fourth-order valence-corrected chi connectivity index (χ4v) is 4.30. The highest BCUT2D eigenvalue weighted by molar-refractivity contribution is 6.09. The maximum atomic E-state index is 13.0. The van der Waals surface area contributed by atoms with Gasteiger partial charge in [-0.25, -0.2) is 0 Å². The number of rotatable bonds is 4. The molecule has 1 fully saturated rings. The third-order valence-corrected chi connectivity index (χ3v) is 6.22. The molecule has 1 aliphatic rings. The van der Waals surface area contributed by atoms with Crippen molar-refractivity contribution < 1.29 is 4.79 Å². The molecule has 1 N–H and O–H groups in total. The summed E-state index contributed by atoms with van der Waals surface area (Å²) >= 11 is 0. The van der Waals surface area contributed by atoms with Gasteiger partial charge in [-0.1, -0.05) is 31.4 Å². The molecule has 0 unspecified atom stereocenters. The van der Waals surface area contributed by atoms with E-state index in [4.69, 9.17) is 0 Å². The molecule has 0 saturated heterocycles. The molecule has 1 amide bonds. The third kappa shape index (κ3) is 4.12. The lowest BCUT2D eigenvalue weighted by Gasteiger charge is -2.22. The van der Waals surface area contributed by atoms with Crippen molar-refractivity contribution in [3.05, 3.63) is 75.7 Å². The number of carbonyl (C=O) groups is 1. The van der Waals surface area contributed by atoms with Crippen LogP contribution in [0.15, 0.2) is 53.5 Å². The molecule has 1 saturated carbocycles. The van der Waals surface area contributed by atoms with Crippen LogP contribution >= 0.6 is 0 Å². The van der Waals surface area contributed by atoms with E-state index in [9.17, 15) is 9.59 Å². The van der Waals surface area contributed by atoms with E-state index in [1.54, 1.807) is 0 Å². The molecule has 4 nitrogen and oxygen atoms in total. The zero-order chi connectivity index (χ0) is 20.4. The summed E-state index contributed by atoms with van der Waals surface area (Å²) < 4.78 is 1.84. The summed E-state index contributed by atoms with van der Waals surface area (Å²) in [5, 5.41) is 4.43. The fourth-order valence-electron chi connectivity index (χ4n) is 4.30. The summed E-state index contributed by atoms with van der Waals surface area (Å²) in [6, 6.07) is 13.2. The Balaban J connectivity index is 1.62. The first-order chi connectivity index (χ1) is 14.0. The number of hydrogen-bond acceptors (Lipinski definition) is 2. The van der Waals surface area contributed by atoms with Gasteiger partial charge in [-0.15, -0.1) is 0 Å². The second-order valence-corrected chi connectivity index (χ2v) is 8.30. The number of aromatic nitrogens is 1. The first-order valence-electron chi connectivity index (χ1n) is 10.5. The summed E-state index contributed by atoms with van der Waals surface area (Å²) in [6.45, 7) is 4.81. The lowest BCUT2D eigenvalue weighted by atomic mass is 9.89. The van der Waals surface area contributed by atoms with Crippen molar-refractivity contribution in [1.29, 1.82) is 0 Å². The maximum absolute atomic E-state index is 13.0. The van der Waals surface area contributed by atoms with Crippen LogP contribution in [0.3, 0.4) is 0 Å². The van der Waals surface area contributed by atoms with Crippen LogP contribution in [0.1, 0.15) is 53.6 Å². The van der Waals surface area contributed by atoms with Gasteiger partial charge in [-0.3, -0.25) is 9.59 Å². The fraction of sp³-hybridized carbons (Fsp3) is 0.360. The monoisotopic (exact) mass is 388 g/mol. The first-order valence-corrected chi connectivity index (χ1v) is 10.5. The molecule has 0 bridgehead atoms. The molecule has 3 aromatic rings. The van der Waals surface area contributed by atoms with E-state index >= 15 is 0 Å². The van der Waals surface area contributed by atoms with Crippen LogP contribution in [0, 0.1) is 19.8 Å². The van der Waals surface area contributed by atoms with Crippen LogP contribution in [0.5, 0.6) is 0 Å². The standard InChI is InChI=1S/C25H28N2O2/c1-17-11-12-20(15-18(17)2)24(28)26-23-10-6-9-22-21(23)13-14-27(25(22)29)16-19-7-4-3-5-8-19/h6,9-15,19H,3-5,7-8,16H2,1-2H3,(H,26,28). The normalized spacial score (nSPS) is 14.8. The molecule has 4 heteroatoms. The Bertz CT molecular complexity index is 1110. The lowest BCUT2D eigenvalue weighted by molar-refractivity contribution is 0.102. The number of carbonyl (C=O) groups excluding carboxylic acids is 1. The van der Waals surface area contributed by atoms with Gasteiger partial charge >= 0.3 is 0 Å². The van der Waals surface area contributed by atoms with Gasteiger partial charge in [0.15, 0.2) is 0 Å². The predicted molar refractivity (Wildman–Crippen MR) is 119 cm³/mol. The smallest absolute Gasteiger partial charge is 0.258 e. The number of hydrogen-bond donors (Lipinski definition) is 1.